The highest BCUT2D eigenvalue weighted by molar-refractivity contribution is 7.14. The fourth-order valence-electron chi connectivity index (χ4n) is 1.71. The lowest BCUT2D eigenvalue weighted by atomic mass is 10.0. The summed E-state index contributed by atoms with van der Waals surface area (Å²) in [6.45, 7) is 4.84. The van der Waals surface area contributed by atoms with Gasteiger partial charge in [-0.1, -0.05) is 25.7 Å². The van der Waals surface area contributed by atoms with Gasteiger partial charge in [0.1, 0.15) is 6.61 Å². The largest absolute Gasteiger partial charge is 0.384 e. The molecule has 1 aromatic rings. The fourth-order valence-corrected chi connectivity index (χ4v) is 2.49. The van der Waals surface area contributed by atoms with Crippen molar-refractivity contribution in [1.29, 1.82) is 0 Å². The lowest BCUT2D eigenvalue weighted by molar-refractivity contribution is 0.0921. The number of amides is 1. The normalized spacial score (nSPS) is 12.2. The van der Waals surface area contributed by atoms with Gasteiger partial charge in [0, 0.05) is 12.6 Å². The van der Waals surface area contributed by atoms with Crippen LogP contribution in [0.1, 0.15) is 28.4 Å². The van der Waals surface area contributed by atoms with Crippen LogP contribution in [0.15, 0.2) is 12.1 Å². The predicted octanol–water partition coefficient (Wildman–Crippen LogP) is 1.41. The van der Waals surface area contributed by atoms with Crippen molar-refractivity contribution in [3.63, 3.8) is 0 Å². The molecule has 0 aliphatic rings. The minimum Gasteiger partial charge on any atom is -0.384 e. The summed E-state index contributed by atoms with van der Waals surface area (Å²) in [6, 6.07) is 3.69. The topological polar surface area (TPSA) is 52.6 Å². The second kappa shape index (κ2) is 8.05. The number of thiophene rings is 1. The molecule has 0 saturated heterocycles. The van der Waals surface area contributed by atoms with E-state index in [1.54, 1.807) is 12.1 Å². The molecule has 1 heterocycles. The van der Waals surface area contributed by atoms with Crippen molar-refractivity contribution in [2.24, 2.45) is 5.92 Å². The summed E-state index contributed by atoms with van der Waals surface area (Å²) in [5.74, 6) is 5.70. The Morgan fingerprint density at radius 2 is 2.15 bits per heavy atom. The number of nitrogens with one attached hydrogen (secondary N) is 1. The van der Waals surface area contributed by atoms with E-state index in [0.29, 0.717) is 10.8 Å². The Bertz CT molecular complexity index is 497. The first-order valence-corrected chi connectivity index (χ1v) is 7.40. The van der Waals surface area contributed by atoms with E-state index >= 15 is 0 Å². The lowest BCUT2D eigenvalue weighted by Crippen LogP contribution is -2.44. The average molecular weight is 294 g/mol. The molecule has 0 spiro atoms. The Morgan fingerprint density at radius 3 is 2.70 bits per heavy atom. The number of hydrogen-bond acceptors (Lipinski definition) is 4. The van der Waals surface area contributed by atoms with Gasteiger partial charge in [-0.25, -0.2) is 0 Å². The third-order valence-electron chi connectivity index (χ3n) is 2.80. The van der Waals surface area contributed by atoms with Crippen molar-refractivity contribution in [2.45, 2.75) is 19.9 Å². The van der Waals surface area contributed by atoms with Crippen LogP contribution in [0.25, 0.3) is 0 Å². The van der Waals surface area contributed by atoms with Crippen molar-refractivity contribution < 1.29 is 9.90 Å². The van der Waals surface area contributed by atoms with E-state index in [2.05, 4.69) is 35.9 Å². The number of hydrogen-bond donors (Lipinski definition) is 2. The van der Waals surface area contributed by atoms with Crippen LogP contribution in [0.3, 0.4) is 0 Å². The number of nitrogens with zero attached hydrogens (tertiary/aromatic N) is 1. The Hall–Kier alpha value is -1.35. The van der Waals surface area contributed by atoms with E-state index in [-0.39, 0.29) is 18.6 Å². The number of rotatable bonds is 5. The molecule has 110 valence electrons. The average Bonchev–Trinajstić information content (AvgIpc) is 2.83. The van der Waals surface area contributed by atoms with E-state index in [4.69, 9.17) is 5.11 Å². The van der Waals surface area contributed by atoms with E-state index < -0.39 is 0 Å². The van der Waals surface area contributed by atoms with E-state index in [9.17, 15) is 4.79 Å². The molecule has 0 fully saturated rings. The number of aliphatic hydroxyl groups is 1. The molecule has 0 aromatic carbocycles. The smallest absolute Gasteiger partial charge is 0.261 e. The summed E-state index contributed by atoms with van der Waals surface area (Å²) in [5, 5.41) is 11.7. The molecule has 1 rings (SSSR count). The van der Waals surface area contributed by atoms with Crippen molar-refractivity contribution in [3.8, 4) is 11.8 Å². The molecule has 0 saturated carbocycles. The summed E-state index contributed by atoms with van der Waals surface area (Å²) < 4.78 is 0. The van der Waals surface area contributed by atoms with Gasteiger partial charge in [-0.05, 0) is 32.1 Å². The third-order valence-corrected chi connectivity index (χ3v) is 3.80. The SMILES string of the molecule is CC(C)C(CN(C)C)NC(=O)c1ccc(C#CCO)s1. The van der Waals surface area contributed by atoms with Gasteiger partial charge in [-0.3, -0.25) is 4.79 Å². The molecular weight excluding hydrogens is 272 g/mol. The zero-order chi connectivity index (χ0) is 15.1. The Balaban J connectivity index is 2.71. The molecule has 1 amide bonds. The number of carbonyl (C=O) groups excluding carboxylic acids is 1. The van der Waals surface area contributed by atoms with Crippen LogP contribution in [0.5, 0.6) is 0 Å². The van der Waals surface area contributed by atoms with Crippen LogP contribution in [0.2, 0.25) is 0 Å². The summed E-state index contributed by atoms with van der Waals surface area (Å²) in [7, 11) is 3.99. The minimum atomic E-state index is -0.169. The molecule has 0 radical (unpaired) electrons. The van der Waals surface area contributed by atoms with Crippen molar-refractivity contribution in [3.05, 3.63) is 21.9 Å². The third kappa shape index (κ3) is 5.33. The van der Waals surface area contributed by atoms with E-state index in [0.717, 1.165) is 11.4 Å². The van der Waals surface area contributed by atoms with Gasteiger partial charge in [0.2, 0.25) is 0 Å². The Morgan fingerprint density at radius 1 is 1.45 bits per heavy atom. The van der Waals surface area contributed by atoms with Gasteiger partial charge in [0.25, 0.3) is 5.91 Å². The second-order valence-corrected chi connectivity index (χ2v) is 6.29. The van der Waals surface area contributed by atoms with Crippen molar-refractivity contribution in [2.75, 3.05) is 27.2 Å². The maximum Gasteiger partial charge on any atom is 0.261 e. The molecule has 0 bridgehead atoms. The van der Waals surface area contributed by atoms with Gasteiger partial charge in [0.15, 0.2) is 0 Å². The maximum atomic E-state index is 12.2. The van der Waals surface area contributed by atoms with E-state index in [1.807, 2.05) is 14.1 Å². The first-order valence-electron chi connectivity index (χ1n) is 6.59. The number of aliphatic hydroxyl groups excluding tert-OH is 1. The van der Waals surface area contributed by atoms with Gasteiger partial charge in [0.05, 0.1) is 9.75 Å². The summed E-state index contributed by atoms with van der Waals surface area (Å²) in [6.07, 6.45) is 0. The van der Waals surface area contributed by atoms with Crippen molar-refractivity contribution in [1.82, 2.24) is 10.2 Å². The minimum absolute atomic E-state index is 0.0624. The summed E-state index contributed by atoms with van der Waals surface area (Å²) in [5.41, 5.74) is 0. The highest BCUT2D eigenvalue weighted by atomic mass is 32.1. The molecule has 20 heavy (non-hydrogen) atoms. The molecule has 0 aliphatic heterocycles. The van der Waals surface area contributed by atoms with Crippen LogP contribution in [-0.4, -0.2) is 49.2 Å². The van der Waals surface area contributed by atoms with Gasteiger partial charge in [-0.15, -0.1) is 11.3 Å². The van der Waals surface area contributed by atoms with E-state index in [1.165, 1.54) is 11.3 Å². The van der Waals surface area contributed by atoms with Crippen LogP contribution < -0.4 is 5.32 Å². The molecule has 1 atom stereocenters. The molecule has 5 heteroatoms. The monoisotopic (exact) mass is 294 g/mol. The van der Waals surface area contributed by atoms with Crippen LogP contribution in [0, 0.1) is 17.8 Å². The summed E-state index contributed by atoms with van der Waals surface area (Å²) in [4.78, 5) is 15.7. The highest BCUT2D eigenvalue weighted by Crippen LogP contribution is 2.16. The Labute approximate surface area is 124 Å². The molecular formula is C15H22N2O2S. The predicted molar refractivity (Wildman–Crippen MR) is 82.9 cm³/mol. The van der Waals surface area contributed by atoms with Crippen LogP contribution in [-0.2, 0) is 0 Å². The number of likely N-dealkylation sites (N-methyl/N-ethyl adjacent to an activating group) is 1. The number of carbonyl (C=O) groups is 1. The van der Waals surface area contributed by atoms with Crippen LogP contribution in [0.4, 0.5) is 0 Å². The van der Waals surface area contributed by atoms with Gasteiger partial charge in [-0.2, -0.15) is 0 Å². The lowest BCUT2D eigenvalue weighted by Gasteiger charge is -2.25. The maximum absolute atomic E-state index is 12.2. The molecule has 2 N–H and O–H groups in total. The first kappa shape index (κ1) is 16.7. The second-order valence-electron chi connectivity index (χ2n) is 5.21. The summed E-state index contributed by atoms with van der Waals surface area (Å²) >= 11 is 1.34. The standard InChI is InChI=1S/C15H22N2O2S/c1-11(2)13(10-17(3)4)16-15(19)14-8-7-12(20-14)6-5-9-18/h7-8,11,13,18H,9-10H2,1-4H3,(H,16,19). The van der Waals surface area contributed by atoms with Gasteiger partial charge >= 0.3 is 0 Å². The van der Waals surface area contributed by atoms with Crippen molar-refractivity contribution >= 4 is 17.2 Å². The zero-order valence-electron chi connectivity index (χ0n) is 12.4. The fraction of sp³-hybridized carbons (Fsp3) is 0.533. The quantitative estimate of drug-likeness (QED) is 0.807. The molecule has 0 aliphatic carbocycles. The highest BCUT2D eigenvalue weighted by Gasteiger charge is 2.18. The Kier molecular flexibility index (Phi) is 6.73. The van der Waals surface area contributed by atoms with Gasteiger partial charge < -0.3 is 15.3 Å². The molecule has 1 aromatic heterocycles. The molecule has 1 unspecified atom stereocenters. The zero-order valence-corrected chi connectivity index (χ0v) is 13.3. The first-order chi connectivity index (χ1) is 9.43. The van der Waals surface area contributed by atoms with Crippen LogP contribution >= 0.6 is 11.3 Å². The molecule has 4 nitrogen and oxygen atoms in total.